The summed E-state index contributed by atoms with van der Waals surface area (Å²) in [5, 5.41) is 0. The number of rotatable bonds is 0. The third-order valence-electron chi connectivity index (χ3n) is 3.93. The van der Waals surface area contributed by atoms with E-state index in [2.05, 4.69) is 201 Å². The van der Waals surface area contributed by atoms with E-state index in [1.54, 1.807) is 0 Å². The quantitative estimate of drug-likeness (QED) is 0.227. The molecule has 0 heteroatoms. The van der Waals surface area contributed by atoms with Crippen molar-refractivity contribution < 1.29 is 0 Å². The van der Waals surface area contributed by atoms with E-state index >= 15 is 0 Å². The summed E-state index contributed by atoms with van der Waals surface area (Å²) in [5.74, 6) is 0. The fourth-order valence-corrected chi connectivity index (χ4v) is 2.36. The molecule has 414 valence electrons. The Morgan fingerprint density at radius 1 is 0.167 bits per heavy atom. The molecule has 0 aromatic carbocycles. The second kappa shape index (κ2) is 241. The van der Waals surface area contributed by atoms with Crippen molar-refractivity contribution in [3.63, 3.8) is 0 Å². The van der Waals surface area contributed by atoms with Gasteiger partial charge in [0.25, 0.3) is 0 Å². The van der Waals surface area contributed by atoms with Crippen LogP contribution in [0.5, 0.6) is 0 Å². The first kappa shape index (κ1) is 137. The molecule has 0 amide bonds. The minimum atomic E-state index is 0. The Morgan fingerprint density at radius 3 is 0.227 bits per heavy atom. The van der Waals surface area contributed by atoms with Gasteiger partial charge in [-0.2, -0.15) is 0 Å². The number of allylic oxidation sites excluding steroid dienone is 24. The summed E-state index contributed by atoms with van der Waals surface area (Å²) in [6, 6.07) is 0. The van der Waals surface area contributed by atoms with Crippen LogP contribution in [0.4, 0.5) is 0 Å². The summed E-state index contributed by atoms with van der Waals surface area (Å²) in [4.78, 5) is 0. The molecule has 0 heterocycles. The molecular weight excluding hydrogens is 793 g/mol. The summed E-state index contributed by atoms with van der Waals surface area (Å²) in [6.07, 6.45) is 62.0. The Bertz CT molecular complexity index is 571. The van der Waals surface area contributed by atoms with Crippen molar-refractivity contribution in [2.45, 2.75) is 291 Å². The van der Waals surface area contributed by atoms with E-state index in [4.69, 9.17) is 0 Å². The molecule has 6 aliphatic rings. The normalized spacial score (nSPS) is 9.73. The number of hydrogen-bond acceptors (Lipinski definition) is 0. The average Bonchev–Trinajstić information content (AvgIpc) is 4.13. The minimum absolute atomic E-state index is 0. The molecule has 0 nitrogen and oxygen atoms in total. The fraction of sp³-hybridized carbons (Fsp3) is 0.636. The second-order valence-corrected chi connectivity index (χ2v) is 9.38. The first-order valence-electron chi connectivity index (χ1n) is 23.6. The molecule has 0 spiro atoms. The SMILES string of the molecule is C.C.C.C.C.C.C.C.C.C.C1=CCC=C1.C1=CCC=C1.C1=CCC=C1.C1=CCC=C1.C1=CCC=C1.C1=CCC=C1.CC.CC.CC.CC.CC.CC.CC.CCC.CCC.CCC.CCC. The lowest BCUT2D eigenvalue weighted by atomic mass is 10.5. The zero-order valence-corrected chi connectivity index (χ0v) is 42.9. The molecule has 0 unspecified atom stereocenters. The molecule has 0 radical (unpaired) electrons. The predicted molar refractivity (Wildman–Crippen MR) is 348 cm³/mol. The Kier molecular flexibility index (Phi) is 500. The zero-order valence-electron chi connectivity index (χ0n) is 42.9. The van der Waals surface area contributed by atoms with Gasteiger partial charge in [0.1, 0.15) is 0 Å². The van der Waals surface area contributed by atoms with Gasteiger partial charge in [0.05, 0.1) is 0 Å². The Hall–Kier alpha value is -3.12. The van der Waals surface area contributed by atoms with E-state index < -0.39 is 0 Å². The van der Waals surface area contributed by atoms with E-state index in [-0.39, 0.29) is 74.3 Å². The van der Waals surface area contributed by atoms with Gasteiger partial charge in [-0.25, -0.2) is 0 Å². The Labute approximate surface area is 434 Å². The average molecular weight is 944 g/mol. The standard InChI is InChI=1S/6C5H6.4C3H8.7C2H6.10CH4/c6*1-2-4-5-3-1;4*1-3-2;7*1-2;;;;;;;;;;/h6*1-4H,5H2;4*3H2,1-2H3;7*1-2H3;10*1H4. The third-order valence-corrected chi connectivity index (χ3v) is 3.93. The molecule has 0 aromatic heterocycles. The third kappa shape index (κ3) is 302. The molecule has 0 saturated carbocycles. The van der Waals surface area contributed by atoms with Gasteiger partial charge in [0.15, 0.2) is 0 Å². The highest BCUT2D eigenvalue weighted by molar-refractivity contribution is 5.14. The molecule has 0 N–H and O–H groups in total. The summed E-state index contributed by atoms with van der Waals surface area (Å²) >= 11 is 0. The Balaban J connectivity index is -0.0000000172. The van der Waals surface area contributed by atoms with Gasteiger partial charge in [-0.1, -0.05) is 398 Å². The molecule has 0 bridgehead atoms. The number of hydrogen-bond donors (Lipinski definition) is 0. The molecule has 0 fully saturated rings. The highest BCUT2D eigenvalue weighted by atomic mass is 13.8. The summed E-state index contributed by atoms with van der Waals surface area (Å²) < 4.78 is 0. The first-order valence-corrected chi connectivity index (χ1v) is 23.6. The molecule has 0 aliphatic heterocycles. The van der Waals surface area contributed by atoms with Crippen molar-refractivity contribution in [3.8, 4) is 0 Å². The van der Waals surface area contributed by atoms with Crippen LogP contribution in [0.3, 0.4) is 0 Å². The van der Waals surface area contributed by atoms with Crippen LogP contribution in [0.25, 0.3) is 0 Å². The van der Waals surface area contributed by atoms with E-state index in [0.717, 1.165) is 38.5 Å². The largest absolute Gasteiger partial charge is 0.0808 e. The van der Waals surface area contributed by atoms with Crippen molar-refractivity contribution in [2.75, 3.05) is 0 Å². The van der Waals surface area contributed by atoms with Crippen molar-refractivity contribution >= 4 is 0 Å². The van der Waals surface area contributed by atoms with Gasteiger partial charge >= 0.3 is 0 Å². The smallest absolute Gasteiger partial charge is 0.0163 e. The lowest BCUT2D eigenvalue weighted by Crippen LogP contribution is -1.37. The van der Waals surface area contributed by atoms with E-state index in [0.29, 0.717) is 0 Å². The Morgan fingerprint density at radius 2 is 0.212 bits per heavy atom. The molecule has 66 heavy (non-hydrogen) atoms. The van der Waals surface area contributed by atoms with Crippen molar-refractivity contribution in [1.29, 1.82) is 0 Å². The van der Waals surface area contributed by atoms with E-state index in [1.807, 2.05) is 96.9 Å². The van der Waals surface area contributed by atoms with Gasteiger partial charge in [0.2, 0.25) is 0 Å². The van der Waals surface area contributed by atoms with Gasteiger partial charge < -0.3 is 0 Å². The van der Waals surface area contributed by atoms with Crippen molar-refractivity contribution in [1.82, 2.24) is 0 Å². The maximum atomic E-state index is 2.12. The highest BCUT2D eigenvalue weighted by Gasteiger charge is 1.74. The van der Waals surface area contributed by atoms with E-state index in [9.17, 15) is 0 Å². The zero-order chi connectivity index (χ0) is 46.0. The second-order valence-electron chi connectivity index (χ2n) is 9.38. The lowest BCUT2D eigenvalue weighted by molar-refractivity contribution is 1.09. The van der Waals surface area contributed by atoms with Crippen LogP contribution in [0, 0.1) is 0 Å². The topological polar surface area (TPSA) is 0 Å². The summed E-state index contributed by atoms with van der Waals surface area (Å²) in [7, 11) is 0. The van der Waals surface area contributed by atoms with Crippen molar-refractivity contribution in [2.24, 2.45) is 0 Å². The van der Waals surface area contributed by atoms with Crippen LogP contribution >= 0.6 is 0 Å². The molecule has 6 rings (SSSR count). The molecule has 0 aromatic rings. The predicted octanol–water partition coefficient (Wildman–Crippen LogP) is 28.2. The van der Waals surface area contributed by atoms with Gasteiger partial charge in [-0.05, 0) is 38.5 Å². The van der Waals surface area contributed by atoms with Gasteiger partial charge in [-0.15, -0.1) is 0 Å². The lowest BCUT2D eigenvalue weighted by Gasteiger charge is -1.57. The van der Waals surface area contributed by atoms with Crippen LogP contribution in [0.2, 0.25) is 0 Å². The molecule has 6 aliphatic carbocycles. The monoisotopic (exact) mass is 943 g/mol. The van der Waals surface area contributed by atoms with Crippen molar-refractivity contribution in [3.05, 3.63) is 146 Å². The highest BCUT2D eigenvalue weighted by Crippen LogP contribution is 1.95. The van der Waals surface area contributed by atoms with Crippen LogP contribution in [0.1, 0.15) is 291 Å². The fourth-order valence-electron chi connectivity index (χ4n) is 2.36. The van der Waals surface area contributed by atoms with Crippen LogP contribution < -0.4 is 0 Å². The molecule has 0 atom stereocenters. The summed E-state index contributed by atoms with van der Waals surface area (Å²) in [6.45, 7) is 45.0. The van der Waals surface area contributed by atoms with E-state index in [1.165, 1.54) is 25.7 Å². The summed E-state index contributed by atoms with van der Waals surface area (Å²) in [5.41, 5.74) is 0. The molecule has 0 saturated heterocycles. The van der Waals surface area contributed by atoms with Crippen LogP contribution in [0.15, 0.2) is 146 Å². The first-order chi connectivity index (χ1) is 27.7. The maximum Gasteiger partial charge on any atom is -0.0163 e. The van der Waals surface area contributed by atoms with Crippen LogP contribution in [-0.2, 0) is 0 Å². The molecular formula is C66H150. The van der Waals surface area contributed by atoms with Gasteiger partial charge in [-0.3, -0.25) is 0 Å². The maximum absolute atomic E-state index is 2.12. The van der Waals surface area contributed by atoms with Crippen LogP contribution in [-0.4, -0.2) is 0 Å². The van der Waals surface area contributed by atoms with Gasteiger partial charge in [0, 0.05) is 0 Å². The minimum Gasteiger partial charge on any atom is -0.0808 e.